The second kappa shape index (κ2) is 11.8. The number of aliphatic imine (C=N–C) groups is 1. The first-order valence-corrected chi connectivity index (χ1v) is 8.73. The molecule has 0 atom stereocenters. The van der Waals surface area contributed by atoms with Crippen molar-refractivity contribution >= 4 is 36.0 Å². The Morgan fingerprint density at radius 2 is 1.92 bits per heavy atom. The molecule has 0 spiro atoms. The summed E-state index contributed by atoms with van der Waals surface area (Å²) in [4.78, 5) is 17.9. The number of guanidine groups is 1. The van der Waals surface area contributed by atoms with Gasteiger partial charge >= 0.3 is 6.09 Å². The predicted molar refractivity (Wildman–Crippen MR) is 110 cm³/mol. The summed E-state index contributed by atoms with van der Waals surface area (Å²) in [5, 5.41) is 6.80. The Hall–Kier alpha value is -0.730. The van der Waals surface area contributed by atoms with Gasteiger partial charge in [0.25, 0.3) is 0 Å². The van der Waals surface area contributed by atoms with E-state index in [-0.39, 0.29) is 30.1 Å². The van der Waals surface area contributed by atoms with Gasteiger partial charge in [-0.3, -0.25) is 4.99 Å². The summed E-state index contributed by atoms with van der Waals surface area (Å²) in [6, 6.07) is 0.358. The van der Waals surface area contributed by atoms with Crippen LogP contribution in [0.3, 0.4) is 0 Å². The van der Waals surface area contributed by atoms with Gasteiger partial charge in [0.2, 0.25) is 0 Å². The SMILES string of the molecule is CCNC(=NCCCC(C)(C)C)NC1CCN(C(=O)OC)CC1.I. The van der Waals surface area contributed by atoms with E-state index in [1.807, 2.05) is 0 Å². The first kappa shape index (κ1) is 23.3. The number of ether oxygens (including phenoxy) is 1. The molecule has 6 nitrogen and oxygen atoms in total. The van der Waals surface area contributed by atoms with Crippen LogP contribution in [0.15, 0.2) is 4.99 Å². The average molecular weight is 454 g/mol. The molecule has 2 N–H and O–H groups in total. The summed E-state index contributed by atoms with van der Waals surface area (Å²) in [6.45, 7) is 12.0. The second-order valence-electron chi connectivity index (χ2n) is 7.30. The number of nitrogens with one attached hydrogen (secondary N) is 2. The number of likely N-dealkylation sites (tertiary alicyclic amines) is 1. The maximum atomic E-state index is 11.5. The number of halogens is 1. The number of amides is 1. The second-order valence-corrected chi connectivity index (χ2v) is 7.30. The molecule has 1 aliphatic rings. The molecule has 7 heteroatoms. The maximum absolute atomic E-state index is 11.5. The lowest BCUT2D eigenvalue weighted by Crippen LogP contribution is -2.49. The van der Waals surface area contributed by atoms with Crippen molar-refractivity contribution in [2.75, 3.05) is 33.3 Å². The molecule has 142 valence electrons. The van der Waals surface area contributed by atoms with Crippen LogP contribution in [-0.2, 0) is 4.74 Å². The largest absolute Gasteiger partial charge is 0.453 e. The highest BCUT2D eigenvalue weighted by atomic mass is 127. The third-order valence-electron chi connectivity index (χ3n) is 3.97. The summed E-state index contributed by atoms with van der Waals surface area (Å²) in [7, 11) is 1.43. The van der Waals surface area contributed by atoms with Gasteiger partial charge in [0.1, 0.15) is 0 Å². The Morgan fingerprint density at radius 3 is 2.42 bits per heavy atom. The van der Waals surface area contributed by atoms with Crippen molar-refractivity contribution < 1.29 is 9.53 Å². The van der Waals surface area contributed by atoms with Crippen LogP contribution in [0.2, 0.25) is 0 Å². The standard InChI is InChI=1S/C17H34N4O2.HI/c1-6-18-15(19-11-7-10-17(2,3)4)20-14-8-12-21(13-9-14)16(22)23-5;/h14H,6-13H2,1-5H3,(H2,18,19,20);1H. The molecule has 0 aliphatic carbocycles. The first-order chi connectivity index (χ1) is 10.9. The number of methoxy groups -OCH3 is 1. The Labute approximate surface area is 164 Å². The van der Waals surface area contributed by atoms with Crippen molar-refractivity contribution in [1.29, 1.82) is 0 Å². The zero-order chi connectivity index (χ0) is 17.3. The number of nitrogens with zero attached hydrogens (tertiary/aromatic N) is 2. The number of hydrogen-bond acceptors (Lipinski definition) is 3. The van der Waals surface area contributed by atoms with Gasteiger partial charge in [0, 0.05) is 32.2 Å². The Morgan fingerprint density at radius 1 is 1.29 bits per heavy atom. The fourth-order valence-electron chi connectivity index (χ4n) is 2.65. The van der Waals surface area contributed by atoms with E-state index in [0.29, 0.717) is 11.5 Å². The Kier molecular flexibility index (Phi) is 11.4. The lowest BCUT2D eigenvalue weighted by Gasteiger charge is -2.32. The molecule has 1 heterocycles. The van der Waals surface area contributed by atoms with Gasteiger partial charge in [-0.05, 0) is 38.0 Å². The third kappa shape index (κ3) is 9.54. The maximum Gasteiger partial charge on any atom is 0.409 e. The average Bonchev–Trinajstić information content (AvgIpc) is 2.50. The van der Waals surface area contributed by atoms with Crippen molar-refractivity contribution in [2.24, 2.45) is 10.4 Å². The molecular formula is C17H35IN4O2. The summed E-state index contributed by atoms with van der Waals surface area (Å²) in [6.07, 6.45) is 3.88. The van der Waals surface area contributed by atoms with Crippen LogP contribution in [0.4, 0.5) is 4.79 Å². The third-order valence-corrected chi connectivity index (χ3v) is 3.97. The molecule has 1 fully saturated rings. The lowest BCUT2D eigenvalue weighted by molar-refractivity contribution is 0.111. The predicted octanol–water partition coefficient (Wildman–Crippen LogP) is 3.22. The smallest absolute Gasteiger partial charge is 0.409 e. The number of carbonyl (C=O) groups excluding carboxylic acids is 1. The molecule has 0 aromatic rings. The Balaban J connectivity index is 0.00000529. The normalized spacial score (nSPS) is 16.4. The number of carbonyl (C=O) groups is 1. The van der Waals surface area contributed by atoms with E-state index in [2.05, 4.69) is 43.3 Å². The molecule has 1 amide bonds. The van der Waals surface area contributed by atoms with Gasteiger partial charge < -0.3 is 20.3 Å². The van der Waals surface area contributed by atoms with E-state index >= 15 is 0 Å². The summed E-state index contributed by atoms with van der Waals surface area (Å²) in [5.74, 6) is 0.887. The lowest BCUT2D eigenvalue weighted by atomic mass is 9.91. The molecule has 0 saturated carbocycles. The molecule has 1 aliphatic heterocycles. The van der Waals surface area contributed by atoms with E-state index in [1.165, 1.54) is 13.5 Å². The van der Waals surface area contributed by atoms with Crippen molar-refractivity contribution in [2.45, 2.75) is 59.4 Å². The van der Waals surface area contributed by atoms with Gasteiger partial charge in [-0.25, -0.2) is 4.79 Å². The summed E-state index contributed by atoms with van der Waals surface area (Å²) < 4.78 is 4.77. The Bertz CT molecular complexity index is 389. The van der Waals surface area contributed by atoms with Crippen molar-refractivity contribution in [3.05, 3.63) is 0 Å². The van der Waals surface area contributed by atoms with E-state index in [0.717, 1.165) is 51.4 Å². The number of rotatable bonds is 5. The van der Waals surface area contributed by atoms with Crippen molar-refractivity contribution in [1.82, 2.24) is 15.5 Å². The van der Waals surface area contributed by atoms with Gasteiger partial charge in [0.15, 0.2) is 5.96 Å². The molecule has 0 bridgehead atoms. The van der Waals surface area contributed by atoms with Crippen molar-refractivity contribution in [3.63, 3.8) is 0 Å². The highest BCUT2D eigenvalue weighted by Gasteiger charge is 2.23. The van der Waals surface area contributed by atoms with Crippen LogP contribution in [0, 0.1) is 5.41 Å². The summed E-state index contributed by atoms with van der Waals surface area (Å²) >= 11 is 0. The monoisotopic (exact) mass is 454 g/mol. The van der Waals surface area contributed by atoms with Gasteiger partial charge in [-0.2, -0.15) is 0 Å². The fraction of sp³-hybridized carbons (Fsp3) is 0.882. The zero-order valence-electron chi connectivity index (χ0n) is 15.9. The molecular weight excluding hydrogens is 419 g/mol. The topological polar surface area (TPSA) is 66.0 Å². The van der Waals surface area contributed by atoms with E-state index in [4.69, 9.17) is 4.74 Å². The van der Waals surface area contributed by atoms with Gasteiger partial charge in [-0.1, -0.05) is 20.8 Å². The highest BCUT2D eigenvalue weighted by molar-refractivity contribution is 14.0. The van der Waals surface area contributed by atoms with Crippen LogP contribution in [0.25, 0.3) is 0 Å². The quantitative estimate of drug-likeness (QED) is 0.290. The first-order valence-electron chi connectivity index (χ1n) is 8.73. The summed E-state index contributed by atoms with van der Waals surface area (Å²) in [5.41, 5.74) is 0.363. The number of piperidine rings is 1. The fourth-order valence-corrected chi connectivity index (χ4v) is 2.65. The molecule has 1 rings (SSSR count). The van der Waals surface area contributed by atoms with E-state index < -0.39 is 0 Å². The van der Waals surface area contributed by atoms with Crippen LogP contribution in [0.1, 0.15) is 53.4 Å². The van der Waals surface area contributed by atoms with Crippen LogP contribution in [-0.4, -0.2) is 56.3 Å². The molecule has 0 aromatic carbocycles. The van der Waals surface area contributed by atoms with E-state index in [9.17, 15) is 4.79 Å². The molecule has 0 aromatic heterocycles. The van der Waals surface area contributed by atoms with Crippen LogP contribution in [0.5, 0.6) is 0 Å². The van der Waals surface area contributed by atoms with Crippen molar-refractivity contribution in [3.8, 4) is 0 Å². The number of hydrogen-bond donors (Lipinski definition) is 2. The molecule has 0 unspecified atom stereocenters. The molecule has 0 radical (unpaired) electrons. The van der Waals surface area contributed by atoms with Gasteiger partial charge in [-0.15, -0.1) is 24.0 Å². The minimum absolute atomic E-state index is 0. The molecule has 1 saturated heterocycles. The van der Waals surface area contributed by atoms with E-state index in [1.54, 1.807) is 4.90 Å². The zero-order valence-corrected chi connectivity index (χ0v) is 18.2. The minimum Gasteiger partial charge on any atom is -0.453 e. The van der Waals surface area contributed by atoms with Crippen LogP contribution >= 0.6 is 24.0 Å². The highest BCUT2D eigenvalue weighted by Crippen LogP contribution is 2.20. The van der Waals surface area contributed by atoms with Crippen LogP contribution < -0.4 is 10.6 Å². The molecule has 24 heavy (non-hydrogen) atoms. The van der Waals surface area contributed by atoms with Gasteiger partial charge in [0.05, 0.1) is 7.11 Å². The minimum atomic E-state index is -0.230.